The van der Waals surface area contributed by atoms with Crippen LogP contribution < -0.4 is 9.80 Å². The Hall–Kier alpha value is -2.69. The first-order valence-corrected chi connectivity index (χ1v) is 9.90. The van der Waals surface area contributed by atoms with Crippen molar-refractivity contribution in [2.75, 3.05) is 16.3 Å². The van der Waals surface area contributed by atoms with Gasteiger partial charge < -0.3 is 9.80 Å². The number of anilines is 2. The molecule has 3 aromatic rings. The van der Waals surface area contributed by atoms with Crippen LogP contribution in [0.25, 0.3) is 10.9 Å². The second-order valence-corrected chi connectivity index (χ2v) is 8.20. The van der Waals surface area contributed by atoms with Crippen molar-refractivity contribution in [3.63, 3.8) is 0 Å². The lowest BCUT2D eigenvalue weighted by Gasteiger charge is -2.45. The van der Waals surface area contributed by atoms with Gasteiger partial charge in [-0.05, 0) is 55.7 Å². The summed E-state index contributed by atoms with van der Waals surface area (Å²) in [5.41, 5.74) is 3.22. The molecular formula is C20H17ClN6S. The molecule has 0 atom stereocenters. The third kappa shape index (κ3) is 2.42. The molecular weight excluding hydrogens is 392 g/mol. The summed E-state index contributed by atoms with van der Waals surface area (Å²) in [7, 11) is 1.94. The molecule has 1 spiro atoms. The maximum atomic E-state index is 9.08. The minimum absolute atomic E-state index is 0.00660. The van der Waals surface area contributed by atoms with Crippen molar-refractivity contribution in [3.05, 3.63) is 47.4 Å². The second-order valence-electron chi connectivity index (χ2n) is 7.43. The van der Waals surface area contributed by atoms with E-state index in [-0.39, 0.29) is 11.2 Å². The summed E-state index contributed by atoms with van der Waals surface area (Å²) in [6, 6.07) is 10.1. The predicted octanol–water partition coefficient (Wildman–Crippen LogP) is 4.03. The van der Waals surface area contributed by atoms with Crippen molar-refractivity contribution in [1.29, 1.82) is 5.26 Å². The Bertz CT molecular complexity index is 1160. The highest BCUT2D eigenvalue weighted by Crippen LogP contribution is 2.47. The van der Waals surface area contributed by atoms with E-state index in [0.29, 0.717) is 5.02 Å². The molecule has 0 amide bonds. The molecule has 1 aromatic carbocycles. The first-order chi connectivity index (χ1) is 13.5. The zero-order valence-corrected chi connectivity index (χ0v) is 16.8. The van der Waals surface area contributed by atoms with E-state index in [0.717, 1.165) is 46.8 Å². The summed E-state index contributed by atoms with van der Waals surface area (Å²) in [6.07, 6.45) is 6.93. The van der Waals surface area contributed by atoms with Gasteiger partial charge in [-0.15, -0.1) is 0 Å². The minimum atomic E-state index is -0.00660. The van der Waals surface area contributed by atoms with Crippen LogP contribution >= 0.6 is 23.8 Å². The van der Waals surface area contributed by atoms with Gasteiger partial charge in [-0.1, -0.05) is 11.6 Å². The van der Waals surface area contributed by atoms with Crippen LogP contribution in [0.5, 0.6) is 0 Å². The summed E-state index contributed by atoms with van der Waals surface area (Å²) in [6.45, 7) is 0.792. The van der Waals surface area contributed by atoms with E-state index < -0.39 is 0 Å². The summed E-state index contributed by atoms with van der Waals surface area (Å²) < 4.78 is 1.87. The summed E-state index contributed by atoms with van der Waals surface area (Å²) >= 11 is 12.1. The molecule has 1 saturated heterocycles. The number of hydrogen-bond acceptors (Lipinski definition) is 4. The van der Waals surface area contributed by atoms with Gasteiger partial charge in [-0.3, -0.25) is 4.68 Å². The number of thiocarbonyl (C=S) groups is 1. The van der Waals surface area contributed by atoms with Crippen LogP contribution in [0.3, 0.4) is 0 Å². The monoisotopic (exact) mass is 408 g/mol. The molecule has 2 fully saturated rings. The largest absolute Gasteiger partial charge is 0.315 e. The molecule has 0 N–H and O–H groups in total. The van der Waals surface area contributed by atoms with Crippen LogP contribution in [-0.2, 0) is 7.05 Å². The highest BCUT2D eigenvalue weighted by atomic mass is 35.5. The van der Waals surface area contributed by atoms with E-state index in [4.69, 9.17) is 29.1 Å². The number of aromatic nitrogens is 3. The number of fused-ring (bicyclic) bond motifs is 1. The van der Waals surface area contributed by atoms with Gasteiger partial charge in [0.05, 0.1) is 34.2 Å². The van der Waals surface area contributed by atoms with Gasteiger partial charge in [0, 0.05) is 24.7 Å². The Kier molecular flexibility index (Phi) is 3.83. The van der Waals surface area contributed by atoms with Crippen LogP contribution in [0.1, 0.15) is 25.0 Å². The number of nitriles is 1. The molecule has 6 nitrogen and oxygen atoms in total. The molecule has 0 bridgehead atoms. The fourth-order valence-electron chi connectivity index (χ4n) is 4.26. The predicted molar refractivity (Wildman–Crippen MR) is 114 cm³/mol. The van der Waals surface area contributed by atoms with E-state index in [1.54, 1.807) is 12.3 Å². The summed E-state index contributed by atoms with van der Waals surface area (Å²) in [5.74, 6) is 0. The molecule has 0 unspecified atom stereocenters. The van der Waals surface area contributed by atoms with E-state index in [2.05, 4.69) is 38.1 Å². The molecule has 1 saturated carbocycles. The van der Waals surface area contributed by atoms with Crippen molar-refractivity contribution in [3.8, 4) is 6.07 Å². The fourth-order valence-corrected chi connectivity index (χ4v) is 4.93. The van der Waals surface area contributed by atoms with Gasteiger partial charge in [-0.2, -0.15) is 10.4 Å². The van der Waals surface area contributed by atoms with Crippen LogP contribution in [0, 0.1) is 11.3 Å². The van der Waals surface area contributed by atoms with Crippen LogP contribution in [0.15, 0.2) is 36.7 Å². The average molecular weight is 409 g/mol. The Balaban J connectivity index is 1.56. The van der Waals surface area contributed by atoms with E-state index in [1.165, 1.54) is 6.42 Å². The number of rotatable bonds is 2. The maximum absolute atomic E-state index is 9.08. The summed E-state index contributed by atoms with van der Waals surface area (Å²) in [4.78, 5) is 8.55. The molecule has 2 aliphatic rings. The number of pyridine rings is 1. The van der Waals surface area contributed by atoms with Crippen molar-refractivity contribution in [2.24, 2.45) is 7.05 Å². The Morgan fingerprint density at radius 2 is 2.04 bits per heavy atom. The average Bonchev–Trinajstić information content (AvgIpc) is 3.19. The SMILES string of the molecule is Cn1ncc2cc(N3C(=S)N(c4cnc(C#N)c(Cl)c4)CC34CCC4)ccc21. The normalized spacial score (nSPS) is 18.0. The van der Waals surface area contributed by atoms with Crippen LogP contribution in [0.2, 0.25) is 5.02 Å². The van der Waals surface area contributed by atoms with Gasteiger partial charge in [-0.25, -0.2) is 4.98 Å². The molecule has 8 heteroatoms. The zero-order valence-electron chi connectivity index (χ0n) is 15.3. The zero-order chi connectivity index (χ0) is 19.5. The van der Waals surface area contributed by atoms with Crippen molar-refractivity contribution < 1.29 is 0 Å². The lowest BCUT2D eigenvalue weighted by atomic mass is 9.76. The van der Waals surface area contributed by atoms with E-state index in [9.17, 15) is 0 Å². The van der Waals surface area contributed by atoms with Crippen LogP contribution in [0.4, 0.5) is 11.4 Å². The molecule has 1 aliphatic heterocycles. The molecule has 5 rings (SSSR count). The van der Waals surface area contributed by atoms with Gasteiger partial charge >= 0.3 is 0 Å². The number of aryl methyl sites for hydroxylation is 1. The molecule has 3 heterocycles. The quantitative estimate of drug-likeness (QED) is 0.596. The smallest absolute Gasteiger partial charge is 0.181 e. The topological polar surface area (TPSA) is 61.0 Å². The Morgan fingerprint density at radius 3 is 2.71 bits per heavy atom. The molecule has 140 valence electrons. The highest BCUT2D eigenvalue weighted by molar-refractivity contribution is 7.80. The van der Waals surface area contributed by atoms with Gasteiger partial charge in [0.1, 0.15) is 6.07 Å². The number of nitrogens with zero attached hydrogens (tertiary/aromatic N) is 6. The van der Waals surface area contributed by atoms with Gasteiger partial charge in [0.2, 0.25) is 0 Å². The third-order valence-corrected chi connectivity index (χ3v) is 6.56. The van der Waals surface area contributed by atoms with Gasteiger partial charge in [0.15, 0.2) is 10.8 Å². The van der Waals surface area contributed by atoms with E-state index in [1.807, 2.05) is 24.0 Å². The van der Waals surface area contributed by atoms with Crippen LogP contribution in [-0.4, -0.2) is 32.0 Å². The Morgan fingerprint density at radius 1 is 1.21 bits per heavy atom. The standard InChI is InChI=1S/C20H17ClN6S/c1-25-18-4-3-14(7-13(18)10-24-25)27-19(28)26(12-20(27)5-2-6-20)15-8-16(21)17(9-22)23-11-15/h3-4,7-8,10-11H,2,5-6,12H2,1H3. The third-order valence-electron chi connectivity index (χ3n) is 5.87. The van der Waals surface area contributed by atoms with Crippen molar-refractivity contribution in [2.45, 2.75) is 24.8 Å². The van der Waals surface area contributed by atoms with E-state index >= 15 is 0 Å². The molecule has 2 aromatic heterocycles. The van der Waals surface area contributed by atoms with Crippen molar-refractivity contribution >= 4 is 51.2 Å². The highest BCUT2D eigenvalue weighted by Gasteiger charge is 2.52. The number of halogens is 1. The summed E-state index contributed by atoms with van der Waals surface area (Å²) in [5, 5.41) is 15.6. The minimum Gasteiger partial charge on any atom is -0.315 e. The first kappa shape index (κ1) is 17.4. The molecule has 0 radical (unpaired) electrons. The maximum Gasteiger partial charge on any atom is 0.181 e. The fraction of sp³-hybridized carbons (Fsp3) is 0.300. The number of benzene rings is 1. The lowest BCUT2D eigenvalue weighted by molar-refractivity contribution is 0.277. The number of hydrogen-bond donors (Lipinski definition) is 0. The molecule has 28 heavy (non-hydrogen) atoms. The van der Waals surface area contributed by atoms with Gasteiger partial charge in [0.25, 0.3) is 0 Å². The first-order valence-electron chi connectivity index (χ1n) is 9.12. The Labute approximate surface area is 172 Å². The lowest BCUT2D eigenvalue weighted by Crippen LogP contribution is -2.52. The van der Waals surface area contributed by atoms with Crippen molar-refractivity contribution in [1.82, 2.24) is 14.8 Å². The molecule has 1 aliphatic carbocycles. The second kappa shape index (κ2) is 6.16.